The van der Waals surface area contributed by atoms with E-state index in [-0.39, 0.29) is 5.69 Å². The second kappa shape index (κ2) is 4.57. The summed E-state index contributed by atoms with van der Waals surface area (Å²) in [7, 11) is 0. The fourth-order valence-corrected chi connectivity index (χ4v) is 0.793. The highest BCUT2D eigenvalue weighted by molar-refractivity contribution is 5.75. The van der Waals surface area contributed by atoms with Crippen LogP contribution in [0, 0.1) is 21.4 Å². The van der Waals surface area contributed by atoms with Crippen LogP contribution in [0.4, 0.5) is 11.4 Å². The number of rotatable bonds is 3. The first-order chi connectivity index (χ1) is 6.74. The fraction of sp³-hybridized carbons (Fsp3) is 0. The Morgan fingerprint density at radius 3 is 2.64 bits per heavy atom. The molecule has 0 heterocycles. The summed E-state index contributed by atoms with van der Waals surface area (Å²) in [5.41, 5.74) is 3.14. The highest BCUT2D eigenvalue weighted by Gasteiger charge is 2.02. The van der Waals surface area contributed by atoms with Crippen molar-refractivity contribution in [1.82, 2.24) is 0 Å². The van der Waals surface area contributed by atoms with Crippen LogP contribution in [0.3, 0.4) is 0 Å². The van der Waals surface area contributed by atoms with Gasteiger partial charge in [-0.3, -0.25) is 15.5 Å². The Bertz CT molecular complexity index is 391. The van der Waals surface area contributed by atoms with Crippen molar-refractivity contribution in [3.05, 3.63) is 34.4 Å². The summed E-state index contributed by atoms with van der Waals surface area (Å²) in [4.78, 5) is 9.80. The van der Waals surface area contributed by atoms with E-state index < -0.39 is 4.92 Å². The molecule has 6 nitrogen and oxygen atoms in total. The summed E-state index contributed by atoms with van der Waals surface area (Å²) in [6.07, 6.45) is 1.03. The number of hydrazone groups is 1. The minimum atomic E-state index is -0.484. The molecule has 0 radical (unpaired) electrons. The lowest BCUT2D eigenvalue weighted by molar-refractivity contribution is -0.384. The number of nitro groups is 1. The number of benzene rings is 1. The molecular formula is C8H6N4O2. The average molecular weight is 190 g/mol. The normalized spacial score (nSPS) is 9.64. The molecule has 0 aliphatic carbocycles. The van der Waals surface area contributed by atoms with E-state index in [4.69, 9.17) is 5.26 Å². The van der Waals surface area contributed by atoms with E-state index in [1.165, 1.54) is 24.3 Å². The van der Waals surface area contributed by atoms with Crippen molar-refractivity contribution in [3.8, 4) is 6.07 Å². The number of nitriles is 1. The van der Waals surface area contributed by atoms with Crippen molar-refractivity contribution in [2.45, 2.75) is 0 Å². The Morgan fingerprint density at radius 1 is 1.50 bits per heavy atom. The van der Waals surface area contributed by atoms with Gasteiger partial charge in [-0.2, -0.15) is 10.4 Å². The zero-order valence-corrected chi connectivity index (χ0v) is 7.04. The Morgan fingerprint density at radius 2 is 2.14 bits per heavy atom. The molecule has 1 N–H and O–H groups in total. The molecular weight excluding hydrogens is 184 g/mol. The molecule has 14 heavy (non-hydrogen) atoms. The minimum absolute atomic E-state index is 0.0137. The maximum atomic E-state index is 10.3. The van der Waals surface area contributed by atoms with E-state index in [0.29, 0.717) is 5.69 Å². The van der Waals surface area contributed by atoms with Gasteiger partial charge in [-0.05, 0) is 12.1 Å². The highest BCUT2D eigenvalue weighted by Crippen LogP contribution is 2.14. The molecule has 0 saturated carbocycles. The number of non-ortho nitro benzene ring substituents is 1. The highest BCUT2D eigenvalue weighted by atomic mass is 16.6. The number of hydrogen-bond acceptors (Lipinski definition) is 5. The molecule has 0 unspecified atom stereocenters. The number of anilines is 1. The molecule has 0 saturated heterocycles. The number of nitrogens with one attached hydrogen (secondary N) is 1. The van der Waals surface area contributed by atoms with Crippen molar-refractivity contribution in [2.75, 3.05) is 5.43 Å². The van der Waals surface area contributed by atoms with Gasteiger partial charge >= 0.3 is 0 Å². The molecule has 0 amide bonds. The van der Waals surface area contributed by atoms with Gasteiger partial charge in [0.2, 0.25) is 0 Å². The van der Waals surface area contributed by atoms with Gasteiger partial charge < -0.3 is 0 Å². The molecule has 0 bridgehead atoms. The Hall–Kier alpha value is -2.42. The van der Waals surface area contributed by atoms with E-state index in [0.717, 1.165) is 6.21 Å². The molecule has 0 aromatic heterocycles. The summed E-state index contributed by atoms with van der Waals surface area (Å²) in [5.74, 6) is 0. The van der Waals surface area contributed by atoms with Crippen molar-refractivity contribution in [2.24, 2.45) is 5.10 Å². The number of nitrogens with zero attached hydrogens (tertiary/aromatic N) is 3. The molecule has 1 rings (SSSR count). The molecule has 1 aromatic carbocycles. The summed E-state index contributed by atoms with van der Waals surface area (Å²) in [6.45, 7) is 0. The van der Waals surface area contributed by atoms with Gasteiger partial charge in [0.25, 0.3) is 5.69 Å². The van der Waals surface area contributed by atoms with Crippen LogP contribution in [0.25, 0.3) is 0 Å². The zero-order chi connectivity index (χ0) is 10.4. The average Bonchev–Trinajstić information content (AvgIpc) is 2.19. The summed E-state index contributed by atoms with van der Waals surface area (Å²) in [6, 6.07) is 7.42. The lowest BCUT2D eigenvalue weighted by atomic mass is 10.3. The SMILES string of the molecule is N#C/C=N/Nc1ccc([N+](=O)[O-])cc1. The van der Waals surface area contributed by atoms with E-state index in [1.54, 1.807) is 6.07 Å². The van der Waals surface area contributed by atoms with Crippen LogP contribution in [-0.2, 0) is 0 Å². The second-order valence-electron chi connectivity index (χ2n) is 2.30. The maximum absolute atomic E-state index is 10.3. The first-order valence-electron chi connectivity index (χ1n) is 3.65. The van der Waals surface area contributed by atoms with Gasteiger partial charge in [0.1, 0.15) is 12.3 Å². The molecule has 0 spiro atoms. The van der Waals surface area contributed by atoms with Crippen LogP contribution >= 0.6 is 0 Å². The van der Waals surface area contributed by atoms with Gasteiger partial charge in [-0.25, -0.2) is 0 Å². The van der Waals surface area contributed by atoms with Gasteiger partial charge in [0.05, 0.1) is 10.6 Å². The molecule has 70 valence electrons. The number of hydrogen-bond donors (Lipinski definition) is 1. The quantitative estimate of drug-likeness (QED) is 0.444. The first-order valence-corrected chi connectivity index (χ1v) is 3.65. The molecule has 1 aromatic rings. The van der Waals surface area contributed by atoms with Crippen molar-refractivity contribution in [1.29, 1.82) is 5.26 Å². The third-order valence-electron chi connectivity index (χ3n) is 1.39. The van der Waals surface area contributed by atoms with Crippen LogP contribution in [0.2, 0.25) is 0 Å². The van der Waals surface area contributed by atoms with Gasteiger partial charge in [-0.15, -0.1) is 0 Å². The third kappa shape index (κ3) is 2.57. The standard InChI is InChI=1S/C8H6N4O2/c9-5-6-10-11-7-1-3-8(4-2-7)12(13)14/h1-4,6,11H/b10-6+. The van der Waals surface area contributed by atoms with Crippen LogP contribution in [0.5, 0.6) is 0 Å². The number of nitro benzene ring substituents is 1. The van der Waals surface area contributed by atoms with Gasteiger partial charge in [-0.1, -0.05) is 0 Å². The summed E-state index contributed by atoms with van der Waals surface area (Å²) in [5, 5.41) is 21.9. The minimum Gasteiger partial charge on any atom is -0.278 e. The van der Waals surface area contributed by atoms with Crippen molar-refractivity contribution in [3.63, 3.8) is 0 Å². The molecule has 0 aliphatic rings. The Labute approximate surface area is 79.6 Å². The van der Waals surface area contributed by atoms with Crippen LogP contribution in [0.1, 0.15) is 0 Å². The molecule has 0 atom stereocenters. The van der Waals surface area contributed by atoms with Crippen molar-refractivity contribution < 1.29 is 4.92 Å². The lowest BCUT2D eigenvalue weighted by Gasteiger charge is -1.97. The van der Waals surface area contributed by atoms with E-state index in [9.17, 15) is 10.1 Å². The predicted molar refractivity (Wildman–Crippen MR) is 50.8 cm³/mol. The molecule has 0 aliphatic heterocycles. The largest absolute Gasteiger partial charge is 0.278 e. The first kappa shape index (κ1) is 9.67. The van der Waals surface area contributed by atoms with E-state index in [2.05, 4.69) is 10.5 Å². The lowest BCUT2D eigenvalue weighted by Crippen LogP contribution is -1.90. The zero-order valence-electron chi connectivity index (χ0n) is 7.04. The summed E-state index contributed by atoms with van der Waals surface area (Å²) < 4.78 is 0. The molecule has 0 fully saturated rings. The monoisotopic (exact) mass is 190 g/mol. The van der Waals surface area contributed by atoms with Crippen molar-refractivity contribution >= 4 is 17.6 Å². The topological polar surface area (TPSA) is 91.3 Å². The second-order valence-corrected chi connectivity index (χ2v) is 2.30. The Balaban J connectivity index is 2.70. The Kier molecular flexibility index (Phi) is 3.15. The van der Waals surface area contributed by atoms with Gasteiger partial charge in [0, 0.05) is 12.1 Å². The maximum Gasteiger partial charge on any atom is 0.269 e. The van der Waals surface area contributed by atoms with Crippen LogP contribution < -0.4 is 5.43 Å². The summed E-state index contributed by atoms with van der Waals surface area (Å²) >= 11 is 0. The smallest absolute Gasteiger partial charge is 0.269 e. The fourth-order valence-electron chi connectivity index (χ4n) is 0.793. The van der Waals surface area contributed by atoms with E-state index in [1.807, 2.05) is 0 Å². The predicted octanol–water partition coefficient (Wildman–Crippen LogP) is 1.52. The van der Waals surface area contributed by atoms with E-state index >= 15 is 0 Å². The third-order valence-corrected chi connectivity index (χ3v) is 1.39. The van der Waals surface area contributed by atoms with Crippen LogP contribution in [0.15, 0.2) is 29.4 Å². The van der Waals surface area contributed by atoms with Crippen LogP contribution in [-0.4, -0.2) is 11.1 Å². The van der Waals surface area contributed by atoms with Gasteiger partial charge in [0.15, 0.2) is 0 Å². The molecule has 6 heteroatoms.